The highest BCUT2D eigenvalue weighted by Crippen LogP contribution is 2.31. The van der Waals surface area contributed by atoms with Gasteiger partial charge in [-0.2, -0.15) is 11.8 Å². The SMILES string of the molecule is CSCC[C@H](NC(=O)COc1ccc([C@@H]2Cc3ccccc3C(=O)O2)cc1)C(=O)O. The summed E-state index contributed by atoms with van der Waals surface area (Å²) < 4.78 is 11.0. The van der Waals surface area contributed by atoms with Crippen LogP contribution in [0.15, 0.2) is 48.5 Å². The number of carbonyl (C=O) groups excluding carboxylic acids is 2. The second-order valence-corrected chi connectivity index (χ2v) is 7.84. The molecule has 1 heterocycles. The number of rotatable bonds is 9. The first-order chi connectivity index (χ1) is 14.5. The predicted octanol–water partition coefficient (Wildman–Crippen LogP) is 2.84. The van der Waals surface area contributed by atoms with Crippen LogP contribution < -0.4 is 10.1 Å². The number of cyclic esters (lactones) is 1. The van der Waals surface area contributed by atoms with Gasteiger partial charge in [0.05, 0.1) is 5.56 Å². The summed E-state index contributed by atoms with van der Waals surface area (Å²) >= 11 is 1.52. The van der Waals surface area contributed by atoms with Gasteiger partial charge in [-0.1, -0.05) is 30.3 Å². The van der Waals surface area contributed by atoms with Gasteiger partial charge in [0.1, 0.15) is 17.9 Å². The number of hydrogen-bond donors (Lipinski definition) is 2. The lowest BCUT2D eigenvalue weighted by Crippen LogP contribution is -2.43. The summed E-state index contributed by atoms with van der Waals surface area (Å²) in [6.07, 6.45) is 2.44. The maximum Gasteiger partial charge on any atom is 0.339 e. The molecule has 0 aromatic heterocycles. The molecule has 1 amide bonds. The molecule has 1 aliphatic heterocycles. The van der Waals surface area contributed by atoms with Crippen LogP contribution in [0.5, 0.6) is 5.75 Å². The predicted molar refractivity (Wildman–Crippen MR) is 113 cm³/mol. The van der Waals surface area contributed by atoms with Crippen LogP contribution in [0, 0.1) is 0 Å². The highest BCUT2D eigenvalue weighted by Gasteiger charge is 2.27. The molecule has 1 aliphatic rings. The maximum absolute atomic E-state index is 12.2. The lowest BCUT2D eigenvalue weighted by atomic mass is 9.95. The third kappa shape index (κ3) is 5.54. The van der Waals surface area contributed by atoms with E-state index in [0.717, 1.165) is 11.1 Å². The summed E-state index contributed by atoms with van der Waals surface area (Å²) in [5.74, 6) is -0.799. The Bertz CT molecular complexity index is 914. The molecule has 158 valence electrons. The molecule has 7 nitrogen and oxygen atoms in total. The van der Waals surface area contributed by atoms with Crippen LogP contribution in [0.25, 0.3) is 0 Å². The van der Waals surface area contributed by atoms with Crippen molar-refractivity contribution in [2.75, 3.05) is 18.6 Å². The molecule has 0 bridgehead atoms. The molecule has 8 heteroatoms. The van der Waals surface area contributed by atoms with Crippen LogP contribution in [0.4, 0.5) is 0 Å². The highest BCUT2D eigenvalue weighted by atomic mass is 32.2. The van der Waals surface area contributed by atoms with E-state index in [0.29, 0.717) is 29.9 Å². The number of esters is 1. The van der Waals surface area contributed by atoms with Crippen molar-refractivity contribution < 1.29 is 29.0 Å². The fraction of sp³-hybridized carbons (Fsp3) is 0.318. The van der Waals surface area contributed by atoms with Gasteiger partial charge in [0, 0.05) is 6.42 Å². The third-order valence-electron chi connectivity index (χ3n) is 4.76. The quantitative estimate of drug-likeness (QED) is 0.591. The van der Waals surface area contributed by atoms with Crippen molar-refractivity contribution in [1.82, 2.24) is 5.32 Å². The van der Waals surface area contributed by atoms with Gasteiger partial charge in [-0.15, -0.1) is 0 Å². The van der Waals surface area contributed by atoms with E-state index >= 15 is 0 Å². The van der Waals surface area contributed by atoms with Gasteiger partial charge in [0.25, 0.3) is 5.91 Å². The van der Waals surface area contributed by atoms with E-state index in [1.807, 2.05) is 24.5 Å². The monoisotopic (exact) mass is 429 g/mol. The molecular formula is C22H23NO6S. The number of thioether (sulfide) groups is 1. The first-order valence-corrected chi connectivity index (χ1v) is 10.9. The summed E-state index contributed by atoms with van der Waals surface area (Å²) in [5, 5.41) is 11.6. The summed E-state index contributed by atoms with van der Waals surface area (Å²) in [4.78, 5) is 35.4. The van der Waals surface area contributed by atoms with Crippen molar-refractivity contribution in [3.05, 3.63) is 65.2 Å². The van der Waals surface area contributed by atoms with Crippen LogP contribution in [0.2, 0.25) is 0 Å². The van der Waals surface area contributed by atoms with E-state index in [9.17, 15) is 14.4 Å². The molecule has 2 N–H and O–H groups in total. The molecule has 0 fully saturated rings. The molecule has 3 rings (SSSR count). The van der Waals surface area contributed by atoms with Crippen LogP contribution in [0.3, 0.4) is 0 Å². The smallest absolute Gasteiger partial charge is 0.339 e. The van der Waals surface area contributed by atoms with Crippen molar-refractivity contribution in [2.24, 2.45) is 0 Å². The molecule has 2 aromatic rings. The number of hydrogen-bond acceptors (Lipinski definition) is 6. The highest BCUT2D eigenvalue weighted by molar-refractivity contribution is 7.98. The minimum Gasteiger partial charge on any atom is -0.484 e. The van der Waals surface area contributed by atoms with Gasteiger partial charge in [-0.05, 0) is 47.8 Å². The number of amides is 1. The number of ether oxygens (including phenoxy) is 2. The lowest BCUT2D eigenvalue weighted by Gasteiger charge is -2.25. The number of benzene rings is 2. The molecule has 0 radical (unpaired) electrons. The number of carboxylic acid groups (broad SMARTS) is 1. The van der Waals surface area contributed by atoms with E-state index in [4.69, 9.17) is 14.6 Å². The van der Waals surface area contributed by atoms with Gasteiger partial charge >= 0.3 is 11.9 Å². The Hall–Kier alpha value is -3.00. The molecule has 2 atom stereocenters. The zero-order valence-corrected chi connectivity index (χ0v) is 17.3. The van der Waals surface area contributed by atoms with Gasteiger partial charge < -0.3 is 19.9 Å². The standard InChI is InChI=1S/C22H23NO6S/c1-30-11-10-18(21(25)26)23-20(24)13-28-16-8-6-14(7-9-16)19-12-15-4-2-3-5-17(15)22(27)29-19/h2-9,18-19H,10-13H2,1H3,(H,23,24)(H,25,26)/t18-,19-/m0/s1. The van der Waals surface area contributed by atoms with Gasteiger partial charge in [-0.3, -0.25) is 4.79 Å². The van der Waals surface area contributed by atoms with Gasteiger partial charge in [0.15, 0.2) is 6.61 Å². The molecular weight excluding hydrogens is 406 g/mol. The molecule has 30 heavy (non-hydrogen) atoms. The van der Waals surface area contributed by atoms with E-state index in [2.05, 4.69) is 5.32 Å². The van der Waals surface area contributed by atoms with Crippen LogP contribution in [0.1, 0.15) is 34.0 Å². The van der Waals surface area contributed by atoms with Crippen LogP contribution >= 0.6 is 11.8 Å². The van der Waals surface area contributed by atoms with Crippen LogP contribution in [-0.2, 0) is 20.7 Å². The minimum absolute atomic E-state index is 0.284. The molecule has 0 saturated heterocycles. The minimum atomic E-state index is -1.06. The summed E-state index contributed by atoms with van der Waals surface area (Å²) in [5.41, 5.74) is 2.37. The Morgan fingerprint density at radius 1 is 1.23 bits per heavy atom. The largest absolute Gasteiger partial charge is 0.484 e. The van der Waals surface area contributed by atoms with Gasteiger partial charge in [-0.25, -0.2) is 9.59 Å². The zero-order valence-electron chi connectivity index (χ0n) is 16.5. The Morgan fingerprint density at radius 2 is 1.97 bits per heavy atom. The van der Waals surface area contributed by atoms with Crippen LogP contribution in [-0.4, -0.2) is 47.6 Å². The number of aliphatic carboxylic acids is 1. The number of carbonyl (C=O) groups is 3. The van der Waals surface area contributed by atoms with Crippen molar-refractivity contribution in [2.45, 2.75) is 25.0 Å². The molecule has 0 unspecified atom stereocenters. The summed E-state index contributed by atoms with van der Waals surface area (Å²) in [6.45, 7) is -0.284. The number of fused-ring (bicyclic) bond motifs is 1. The van der Waals surface area contributed by atoms with E-state index in [1.54, 1.807) is 30.3 Å². The lowest BCUT2D eigenvalue weighted by molar-refractivity contribution is -0.142. The maximum atomic E-state index is 12.2. The fourth-order valence-electron chi connectivity index (χ4n) is 3.17. The van der Waals surface area contributed by atoms with E-state index in [-0.39, 0.29) is 18.7 Å². The van der Waals surface area contributed by atoms with Crippen molar-refractivity contribution in [3.63, 3.8) is 0 Å². The fourth-order valence-corrected chi connectivity index (χ4v) is 3.65. The average Bonchev–Trinajstić information content (AvgIpc) is 2.75. The zero-order chi connectivity index (χ0) is 21.5. The molecule has 0 spiro atoms. The Kier molecular flexibility index (Phi) is 7.35. The van der Waals surface area contributed by atoms with Crippen molar-refractivity contribution >= 4 is 29.6 Å². The second kappa shape index (κ2) is 10.2. The Balaban J connectivity index is 1.54. The van der Waals surface area contributed by atoms with Gasteiger partial charge in [0.2, 0.25) is 0 Å². The number of nitrogens with one attached hydrogen (secondary N) is 1. The first kappa shape index (κ1) is 21.7. The number of carboxylic acids is 1. The second-order valence-electron chi connectivity index (χ2n) is 6.85. The summed E-state index contributed by atoms with van der Waals surface area (Å²) in [7, 11) is 0. The normalized spacial score (nSPS) is 16.2. The van der Waals surface area contributed by atoms with Crippen molar-refractivity contribution in [1.29, 1.82) is 0 Å². The molecule has 2 aromatic carbocycles. The molecule has 0 aliphatic carbocycles. The summed E-state index contributed by atoms with van der Waals surface area (Å²) in [6, 6.07) is 13.4. The Morgan fingerprint density at radius 3 is 2.67 bits per heavy atom. The average molecular weight is 429 g/mol. The Labute approximate surface area is 178 Å². The van der Waals surface area contributed by atoms with E-state index in [1.165, 1.54) is 11.8 Å². The third-order valence-corrected chi connectivity index (χ3v) is 5.40. The van der Waals surface area contributed by atoms with E-state index < -0.39 is 17.9 Å². The van der Waals surface area contributed by atoms with Crippen molar-refractivity contribution in [3.8, 4) is 5.75 Å². The molecule has 0 saturated carbocycles. The first-order valence-electron chi connectivity index (χ1n) is 9.50. The topological polar surface area (TPSA) is 102 Å².